The number of aromatic amines is 1. The maximum Gasteiger partial charge on any atom is 0.128 e. The molecule has 1 aromatic heterocycles. The fourth-order valence-corrected chi connectivity index (χ4v) is 3.90. The summed E-state index contributed by atoms with van der Waals surface area (Å²) in [5, 5.41) is 1.88. The number of benzene rings is 2. The average Bonchev–Trinajstić information content (AvgIpc) is 2.99. The van der Waals surface area contributed by atoms with Gasteiger partial charge in [-0.2, -0.15) is 0 Å². The zero-order valence-electron chi connectivity index (χ0n) is 14.5. The van der Waals surface area contributed by atoms with E-state index in [1.54, 1.807) is 7.11 Å². The van der Waals surface area contributed by atoms with E-state index < -0.39 is 0 Å². The highest BCUT2D eigenvalue weighted by Gasteiger charge is 2.19. The molecule has 0 amide bonds. The zero-order chi connectivity index (χ0) is 18.0. The van der Waals surface area contributed by atoms with Gasteiger partial charge >= 0.3 is 0 Å². The van der Waals surface area contributed by atoms with E-state index in [-0.39, 0.29) is 0 Å². The van der Waals surface area contributed by atoms with Crippen LogP contribution in [0.25, 0.3) is 22.2 Å². The lowest BCUT2D eigenvalue weighted by Gasteiger charge is -2.11. The summed E-state index contributed by atoms with van der Waals surface area (Å²) >= 11 is 10.1. The first-order chi connectivity index (χ1) is 12.1. The highest BCUT2D eigenvalue weighted by Crippen LogP contribution is 2.41. The van der Waals surface area contributed by atoms with Gasteiger partial charge in [-0.25, -0.2) is 0 Å². The molecule has 0 bridgehead atoms. The van der Waals surface area contributed by atoms with Gasteiger partial charge in [0.05, 0.1) is 23.3 Å². The van der Waals surface area contributed by atoms with E-state index in [1.165, 1.54) is 11.1 Å². The summed E-state index contributed by atoms with van der Waals surface area (Å²) in [7, 11) is 1.70. The van der Waals surface area contributed by atoms with E-state index in [4.69, 9.17) is 22.1 Å². The molecule has 132 valence electrons. The quantitative estimate of drug-likeness (QED) is 0.490. The number of rotatable bonds is 6. The van der Waals surface area contributed by atoms with Crippen molar-refractivity contribution < 1.29 is 4.74 Å². The normalized spacial score (nSPS) is 11.2. The molecule has 0 aliphatic heterocycles. The van der Waals surface area contributed by atoms with Crippen LogP contribution in [0, 0.1) is 6.92 Å². The molecule has 25 heavy (non-hydrogen) atoms. The third-order valence-electron chi connectivity index (χ3n) is 4.53. The van der Waals surface area contributed by atoms with Crippen LogP contribution in [0.1, 0.15) is 24.0 Å². The second-order valence-corrected chi connectivity index (χ2v) is 7.51. The molecule has 0 aliphatic rings. The number of nitrogens with two attached hydrogens (primary N) is 1. The SMILES string of the molecule is COc1ccc(Br)cc1-c1[nH]c2c(C)ccc(Cl)c2c1CCCCN. The lowest BCUT2D eigenvalue weighted by atomic mass is 9.99. The second-order valence-electron chi connectivity index (χ2n) is 6.18. The van der Waals surface area contributed by atoms with Gasteiger partial charge < -0.3 is 15.5 Å². The molecule has 2 aromatic carbocycles. The Morgan fingerprint density at radius 3 is 2.72 bits per heavy atom. The minimum Gasteiger partial charge on any atom is -0.496 e. The van der Waals surface area contributed by atoms with Crippen LogP contribution >= 0.6 is 27.5 Å². The average molecular weight is 422 g/mol. The monoisotopic (exact) mass is 420 g/mol. The lowest BCUT2D eigenvalue weighted by Crippen LogP contribution is -1.99. The number of nitrogens with one attached hydrogen (secondary N) is 1. The van der Waals surface area contributed by atoms with Crippen molar-refractivity contribution in [3.63, 3.8) is 0 Å². The molecule has 0 fully saturated rings. The minimum atomic E-state index is 0.699. The lowest BCUT2D eigenvalue weighted by molar-refractivity contribution is 0.416. The Morgan fingerprint density at radius 2 is 2.00 bits per heavy atom. The number of ether oxygens (including phenoxy) is 1. The van der Waals surface area contributed by atoms with Gasteiger partial charge in [0, 0.05) is 15.4 Å². The molecule has 0 aliphatic carbocycles. The van der Waals surface area contributed by atoms with E-state index >= 15 is 0 Å². The summed E-state index contributed by atoms with van der Waals surface area (Å²) in [6.45, 7) is 2.80. The first-order valence-electron chi connectivity index (χ1n) is 8.40. The molecular formula is C20H22BrClN2O. The molecule has 3 N–H and O–H groups in total. The number of fused-ring (bicyclic) bond motifs is 1. The molecule has 0 unspecified atom stereocenters. The number of methoxy groups -OCH3 is 1. The van der Waals surface area contributed by atoms with Crippen LogP contribution in [0.2, 0.25) is 5.02 Å². The molecule has 0 saturated carbocycles. The van der Waals surface area contributed by atoms with Crippen molar-refractivity contribution in [1.29, 1.82) is 0 Å². The number of hydrogen-bond acceptors (Lipinski definition) is 2. The predicted octanol–water partition coefficient (Wildman–Crippen LogP) is 5.85. The van der Waals surface area contributed by atoms with Gasteiger partial charge in [0.15, 0.2) is 0 Å². The van der Waals surface area contributed by atoms with E-state index in [0.29, 0.717) is 6.54 Å². The van der Waals surface area contributed by atoms with Gasteiger partial charge in [-0.05, 0) is 68.1 Å². The summed E-state index contributed by atoms with van der Waals surface area (Å²) in [6, 6.07) is 10.1. The number of aryl methyl sites for hydroxylation is 2. The fraction of sp³-hybridized carbons (Fsp3) is 0.300. The molecule has 0 spiro atoms. The molecule has 0 atom stereocenters. The smallest absolute Gasteiger partial charge is 0.128 e. The summed E-state index contributed by atoms with van der Waals surface area (Å²) in [5.74, 6) is 0.837. The predicted molar refractivity (Wildman–Crippen MR) is 110 cm³/mol. The van der Waals surface area contributed by atoms with E-state index in [0.717, 1.165) is 56.7 Å². The van der Waals surface area contributed by atoms with Crippen LogP contribution < -0.4 is 10.5 Å². The maximum absolute atomic E-state index is 6.57. The van der Waals surface area contributed by atoms with Gasteiger partial charge in [-0.15, -0.1) is 0 Å². The van der Waals surface area contributed by atoms with Crippen LogP contribution in [0.4, 0.5) is 0 Å². The van der Waals surface area contributed by atoms with E-state index in [1.807, 2.05) is 24.3 Å². The third kappa shape index (κ3) is 3.57. The van der Waals surface area contributed by atoms with Crippen molar-refractivity contribution in [3.8, 4) is 17.0 Å². The summed E-state index contributed by atoms with van der Waals surface area (Å²) in [4.78, 5) is 3.60. The minimum absolute atomic E-state index is 0.699. The van der Waals surface area contributed by atoms with Gasteiger partial charge in [0.2, 0.25) is 0 Å². The van der Waals surface area contributed by atoms with Gasteiger partial charge in [-0.3, -0.25) is 0 Å². The van der Waals surface area contributed by atoms with Crippen LogP contribution in [0.5, 0.6) is 5.75 Å². The van der Waals surface area contributed by atoms with Crippen LogP contribution in [0.15, 0.2) is 34.8 Å². The Kier molecular flexibility index (Phi) is 5.72. The van der Waals surface area contributed by atoms with Crippen molar-refractivity contribution in [3.05, 3.63) is 51.0 Å². The highest BCUT2D eigenvalue weighted by atomic mass is 79.9. The van der Waals surface area contributed by atoms with Crippen molar-refractivity contribution in [2.24, 2.45) is 5.73 Å². The van der Waals surface area contributed by atoms with Crippen LogP contribution in [-0.4, -0.2) is 18.6 Å². The third-order valence-corrected chi connectivity index (χ3v) is 5.34. The Balaban J connectivity index is 2.27. The molecule has 1 heterocycles. The van der Waals surface area contributed by atoms with Gasteiger partial charge in [0.25, 0.3) is 0 Å². The second kappa shape index (κ2) is 7.81. The van der Waals surface area contributed by atoms with Crippen LogP contribution in [0.3, 0.4) is 0 Å². The number of aromatic nitrogens is 1. The Labute approximate surface area is 161 Å². The van der Waals surface area contributed by atoms with Crippen LogP contribution in [-0.2, 0) is 6.42 Å². The Hall–Kier alpha value is -1.49. The van der Waals surface area contributed by atoms with Gasteiger partial charge in [0.1, 0.15) is 5.75 Å². The maximum atomic E-state index is 6.57. The van der Waals surface area contributed by atoms with Crippen molar-refractivity contribution in [2.45, 2.75) is 26.2 Å². The van der Waals surface area contributed by atoms with Crippen molar-refractivity contribution in [1.82, 2.24) is 4.98 Å². The van der Waals surface area contributed by atoms with Crippen molar-refractivity contribution in [2.75, 3.05) is 13.7 Å². The number of hydrogen-bond donors (Lipinski definition) is 2. The van der Waals surface area contributed by atoms with E-state index in [9.17, 15) is 0 Å². The summed E-state index contributed by atoms with van der Waals surface area (Å²) in [5.41, 5.74) is 11.3. The first-order valence-corrected chi connectivity index (χ1v) is 9.57. The topological polar surface area (TPSA) is 51.0 Å². The highest BCUT2D eigenvalue weighted by molar-refractivity contribution is 9.10. The van der Waals surface area contributed by atoms with E-state index in [2.05, 4.69) is 33.9 Å². The fourth-order valence-electron chi connectivity index (χ4n) is 3.26. The summed E-state index contributed by atoms with van der Waals surface area (Å²) < 4.78 is 6.61. The Morgan fingerprint density at radius 1 is 1.20 bits per heavy atom. The molecule has 3 aromatic rings. The van der Waals surface area contributed by atoms with Gasteiger partial charge in [-0.1, -0.05) is 33.6 Å². The standard InChI is InChI=1S/C20H22BrClN2O/c1-12-6-8-16(22)18-14(5-3-4-10-23)20(24-19(12)18)15-11-13(21)7-9-17(15)25-2/h6-9,11,24H,3-5,10,23H2,1-2H3. The molecule has 5 heteroatoms. The largest absolute Gasteiger partial charge is 0.496 e. The zero-order valence-corrected chi connectivity index (χ0v) is 16.8. The number of unbranched alkanes of at least 4 members (excludes halogenated alkanes) is 1. The molecule has 3 nitrogen and oxygen atoms in total. The Bertz CT molecular complexity index is 904. The first kappa shape index (κ1) is 18.3. The molecular weight excluding hydrogens is 400 g/mol. The molecule has 0 saturated heterocycles. The number of halogens is 2. The van der Waals surface area contributed by atoms with Crippen molar-refractivity contribution >= 4 is 38.4 Å². The number of H-pyrrole nitrogens is 1. The summed E-state index contributed by atoms with van der Waals surface area (Å²) in [6.07, 6.45) is 2.94. The molecule has 0 radical (unpaired) electrons. The molecule has 3 rings (SSSR count).